The summed E-state index contributed by atoms with van der Waals surface area (Å²) in [7, 11) is 1.30. The predicted octanol–water partition coefficient (Wildman–Crippen LogP) is 4.31. The molecule has 1 aromatic rings. The molecule has 0 aliphatic carbocycles. The smallest absolute Gasteiger partial charge is 0.313 e. The van der Waals surface area contributed by atoms with E-state index in [2.05, 4.69) is 16.9 Å². The molecule has 0 radical (unpaired) electrons. The molecule has 122 valence electrons. The van der Waals surface area contributed by atoms with Gasteiger partial charge in [-0.1, -0.05) is 36.6 Å². The molecule has 0 N–H and O–H groups in total. The van der Waals surface area contributed by atoms with E-state index in [9.17, 15) is 9.59 Å². The Labute approximate surface area is 141 Å². The molecule has 0 bridgehead atoms. The van der Waals surface area contributed by atoms with Crippen LogP contribution >= 0.6 is 23.4 Å². The first kappa shape index (κ1) is 19.0. The fraction of sp³-hybridized carbons (Fsp3) is 0.529. The molecule has 0 heterocycles. The Morgan fingerprint density at radius 1 is 1.09 bits per heavy atom. The Morgan fingerprint density at radius 3 is 2.45 bits per heavy atom. The van der Waals surface area contributed by atoms with Crippen molar-refractivity contribution < 1.29 is 14.3 Å². The second-order valence-corrected chi connectivity index (χ2v) is 6.68. The number of aryl methyl sites for hydroxylation is 1. The van der Waals surface area contributed by atoms with Crippen molar-refractivity contribution in [1.29, 1.82) is 0 Å². The molecule has 0 aliphatic heterocycles. The standard InChI is InChI=1S/C17H23ClO3S/c1-21-17(20)12-16(19)13-22-11-5-3-2-4-6-14-7-9-15(18)10-8-14/h7-10H,2-6,11-13H2,1H3. The number of methoxy groups -OCH3 is 1. The number of unbranched alkanes of at least 4 members (excludes halogenated alkanes) is 3. The van der Waals surface area contributed by atoms with E-state index < -0.39 is 5.97 Å². The van der Waals surface area contributed by atoms with Gasteiger partial charge in [-0.25, -0.2) is 0 Å². The summed E-state index contributed by atoms with van der Waals surface area (Å²) in [6.07, 6.45) is 5.63. The van der Waals surface area contributed by atoms with Gasteiger partial charge >= 0.3 is 5.97 Å². The molecule has 22 heavy (non-hydrogen) atoms. The summed E-state index contributed by atoms with van der Waals surface area (Å²) in [6, 6.07) is 8.01. The summed E-state index contributed by atoms with van der Waals surface area (Å²) in [5.74, 6) is 0.862. The summed E-state index contributed by atoms with van der Waals surface area (Å²) < 4.78 is 4.46. The van der Waals surface area contributed by atoms with E-state index in [0.717, 1.165) is 23.6 Å². The number of ketones is 1. The molecule has 0 spiro atoms. The van der Waals surface area contributed by atoms with Gasteiger partial charge in [-0.2, -0.15) is 11.8 Å². The molecular weight excluding hydrogens is 320 g/mol. The van der Waals surface area contributed by atoms with Gasteiger partial charge in [0.2, 0.25) is 0 Å². The van der Waals surface area contributed by atoms with Crippen LogP contribution in [0.5, 0.6) is 0 Å². The molecule has 0 atom stereocenters. The second-order valence-electron chi connectivity index (χ2n) is 5.13. The zero-order chi connectivity index (χ0) is 16.2. The Kier molecular flexibility index (Phi) is 10.0. The molecule has 0 saturated carbocycles. The second kappa shape index (κ2) is 11.6. The molecule has 0 aromatic heterocycles. The van der Waals surface area contributed by atoms with Gasteiger partial charge in [0.1, 0.15) is 6.42 Å². The first-order valence-corrected chi connectivity index (χ1v) is 9.06. The van der Waals surface area contributed by atoms with Crippen LogP contribution in [0.2, 0.25) is 5.02 Å². The number of esters is 1. The third-order valence-electron chi connectivity index (χ3n) is 3.25. The zero-order valence-electron chi connectivity index (χ0n) is 13.0. The van der Waals surface area contributed by atoms with Crippen molar-refractivity contribution >= 4 is 35.1 Å². The number of Topliss-reactive ketones (excluding diaryl/α,β-unsaturated/α-hetero) is 1. The highest BCUT2D eigenvalue weighted by Gasteiger charge is 2.08. The minimum Gasteiger partial charge on any atom is -0.469 e. The van der Waals surface area contributed by atoms with Crippen LogP contribution in [-0.2, 0) is 20.7 Å². The third kappa shape index (κ3) is 9.11. The van der Waals surface area contributed by atoms with Crippen molar-refractivity contribution in [1.82, 2.24) is 0 Å². The monoisotopic (exact) mass is 342 g/mol. The topological polar surface area (TPSA) is 43.4 Å². The lowest BCUT2D eigenvalue weighted by Crippen LogP contribution is -2.11. The maximum atomic E-state index is 11.4. The lowest BCUT2D eigenvalue weighted by atomic mass is 10.1. The fourth-order valence-electron chi connectivity index (χ4n) is 2.01. The number of benzene rings is 1. The van der Waals surface area contributed by atoms with E-state index in [-0.39, 0.29) is 12.2 Å². The molecule has 1 rings (SSSR count). The average Bonchev–Trinajstić information content (AvgIpc) is 2.51. The number of carbonyl (C=O) groups is 2. The average molecular weight is 343 g/mol. The highest BCUT2D eigenvalue weighted by molar-refractivity contribution is 7.99. The van der Waals surface area contributed by atoms with Gasteiger partial charge in [-0.15, -0.1) is 0 Å². The summed E-state index contributed by atoms with van der Waals surface area (Å²) >= 11 is 7.45. The van der Waals surface area contributed by atoms with Crippen molar-refractivity contribution in [2.45, 2.75) is 38.5 Å². The van der Waals surface area contributed by atoms with Gasteiger partial charge < -0.3 is 4.74 Å². The van der Waals surface area contributed by atoms with Gasteiger partial charge in [-0.3, -0.25) is 9.59 Å². The zero-order valence-corrected chi connectivity index (χ0v) is 14.5. The van der Waals surface area contributed by atoms with Crippen LogP contribution in [0.1, 0.15) is 37.7 Å². The molecule has 3 nitrogen and oxygen atoms in total. The quantitative estimate of drug-likeness (QED) is 0.341. The van der Waals surface area contributed by atoms with Gasteiger partial charge in [0, 0.05) is 5.02 Å². The highest BCUT2D eigenvalue weighted by Crippen LogP contribution is 2.13. The number of ether oxygens (including phenoxy) is 1. The number of hydrogen-bond donors (Lipinski definition) is 0. The minimum atomic E-state index is -0.451. The number of hydrogen-bond acceptors (Lipinski definition) is 4. The molecule has 0 amide bonds. The molecule has 5 heteroatoms. The largest absolute Gasteiger partial charge is 0.469 e. The summed E-state index contributed by atoms with van der Waals surface area (Å²) in [5.41, 5.74) is 1.33. The van der Waals surface area contributed by atoms with E-state index in [1.54, 1.807) is 11.8 Å². The lowest BCUT2D eigenvalue weighted by molar-refractivity contribution is -0.142. The molecule has 1 aromatic carbocycles. The van der Waals surface area contributed by atoms with Crippen LogP contribution < -0.4 is 0 Å². The van der Waals surface area contributed by atoms with Crippen molar-refractivity contribution in [3.8, 4) is 0 Å². The van der Waals surface area contributed by atoms with Crippen LogP contribution in [-0.4, -0.2) is 30.4 Å². The summed E-state index contributed by atoms with van der Waals surface area (Å²) in [5, 5.41) is 0.780. The van der Waals surface area contributed by atoms with Crippen molar-refractivity contribution in [3.05, 3.63) is 34.9 Å². The summed E-state index contributed by atoms with van der Waals surface area (Å²) in [4.78, 5) is 22.3. The van der Waals surface area contributed by atoms with E-state index >= 15 is 0 Å². The van der Waals surface area contributed by atoms with Gasteiger partial charge in [-0.05, 0) is 42.7 Å². The number of rotatable bonds is 11. The van der Waals surface area contributed by atoms with Crippen molar-refractivity contribution in [3.63, 3.8) is 0 Å². The van der Waals surface area contributed by atoms with Crippen LogP contribution in [0.15, 0.2) is 24.3 Å². The Morgan fingerprint density at radius 2 is 1.77 bits per heavy atom. The van der Waals surface area contributed by atoms with Crippen LogP contribution in [0.25, 0.3) is 0 Å². The number of thioether (sulfide) groups is 1. The normalized spacial score (nSPS) is 10.5. The van der Waals surface area contributed by atoms with Gasteiger partial charge in [0.15, 0.2) is 5.78 Å². The molecular formula is C17H23ClO3S. The first-order chi connectivity index (χ1) is 10.6. The molecule has 0 fully saturated rings. The Hall–Kier alpha value is -1.00. The maximum Gasteiger partial charge on any atom is 0.313 e. The van der Waals surface area contributed by atoms with Crippen molar-refractivity contribution in [2.75, 3.05) is 18.6 Å². The fourth-order valence-corrected chi connectivity index (χ4v) is 3.02. The van der Waals surface area contributed by atoms with E-state index in [1.807, 2.05) is 12.1 Å². The van der Waals surface area contributed by atoms with Crippen LogP contribution in [0, 0.1) is 0 Å². The van der Waals surface area contributed by atoms with E-state index in [4.69, 9.17) is 11.6 Å². The summed E-state index contributed by atoms with van der Waals surface area (Å²) in [6.45, 7) is 0. The predicted molar refractivity (Wildman–Crippen MR) is 92.6 cm³/mol. The van der Waals surface area contributed by atoms with Gasteiger partial charge in [0.05, 0.1) is 12.9 Å². The van der Waals surface area contributed by atoms with Crippen LogP contribution in [0.3, 0.4) is 0 Å². The Balaban J connectivity index is 1.94. The third-order valence-corrected chi connectivity index (χ3v) is 4.61. The molecule has 0 saturated heterocycles. The van der Waals surface area contributed by atoms with Gasteiger partial charge in [0.25, 0.3) is 0 Å². The molecule has 0 aliphatic rings. The lowest BCUT2D eigenvalue weighted by Gasteiger charge is -2.03. The highest BCUT2D eigenvalue weighted by atomic mass is 35.5. The molecule has 0 unspecified atom stereocenters. The van der Waals surface area contributed by atoms with E-state index in [0.29, 0.717) is 5.75 Å². The number of carbonyl (C=O) groups excluding carboxylic acids is 2. The van der Waals surface area contributed by atoms with Crippen molar-refractivity contribution in [2.24, 2.45) is 0 Å². The van der Waals surface area contributed by atoms with Crippen LogP contribution in [0.4, 0.5) is 0 Å². The van der Waals surface area contributed by atoms with E-state index in [1.165, 1.54) is 31.9 Å². The Bertz CT molecular complexity index is 459. The maximum absolute atomic E-state index is 11.4. The number of halogens is 1. The SMILES string of the molecule is COC(=O)CC(=O)CSCCCCCCc1ccc(Cl)cc1. The minimum absolute atomic E-state index is 0.0559. The first-order valence-electron chi connectivity index (χ1n) is 7.52.